The molecule has 0 spiro atoms. The number of nitrogens with one attached hydrogen (secondary N) is 1. The van der Waals surface area contributed by atoms with Crippen molar-refractivity contribution < 1.29 is 9.59 Å². The van der Waals surface area contributed by atoms with Crippen LogP contribution in [0.1, 0.15) is 5.56 Å². The van der Waals surface area contributed by atoms with E-state index in [9.17, 15) is 0 Å². The molecule has 13 heavy (non-hydrogen) atoms. The van der Waals surface area contributed by atoms with Crippen LogP contribution in [-0.2, 0) is 10.8 Å². The zero-order valence-corrected chi connectivity index (χ0v) is 9.27. The van der Waals surface area contributed by atoms with Crippen molar-refractivity contribution >= 4 is 28.2 Å². The Morgan fingerprint density at radius 2 is 2.23 bits per heavy atom. The van der Waals surface area contributed by atoms with E-state index in [1.165, 1.54) is 5.56 Å². The van der Waals surface area contributed by atoms with Gasteiger partial charge in [0, 0.05) is 11.0 Å². The summed E-state index contributed by atoms with van der Waals surface area (Å²) in [5.41, 5.74) is 1.23. The molecule has 0 saturated carbocycles. The highest BCUT2D eigenvalue weighted by Crippen LogP contribution is 2.15. The van der Waals surface area contributed by atoms with Crippen LogP contribution < -0.4 is 4.72 Å². The van der Waals surface area contributed by atoms with Crippen LogP contribution in [0, 0.1) is 0 Å². The van der Waals surface area contributed by atoms with E-state index in [1.54, 1.807) is 0 Å². The molecule has 0 aliphatic rings. The lowest BCUT2D eigenvalue weighted by Gasteiger charge is -2.03. The molecule has 0 aliphatic carbocycles. The quantitative estimate of drug-likeness (QED) is 0.282. The Morgan fingerprint density at radius 1 is 1.46 bits per heavy atom. The molecular weight excluding hydrogens is 254 g/mol. The third-order valence-corrected chi connectivity index (χ3v) is 2.72. The second-order valence-corrected chi connectivity index (χ2v) is 3.85. The Kier molecular flexibility index (Phi) is 5.41. The van der Waals surface area contributed by atoms with Gasteiger partial charge in [0.05, 0.1) is 0 Å². The average molecular weight is 264 g/mol. The molecule has 0 aliphatic heterocycles. The van der Waals surface area contributed by atoms with E-state index in [0.29, 0.717) is 0 Å². The van der Waals surface area contributed by atoms with Crippen molar-refractivity contribution in [3.63, 3.8) is 0 Å². The summed E-state index contributed by atoms with van der Waals surface area (Å²) in [7, 11) is 0. The number of hydrogen-bond acceptors (Lipinski definition) is 4. The predicted molar refractivity (Wildman–Crippen MR) is 57.2 cm³/mol. The van der Waals surface area contributed by atoms with Crippen LogP contribution in [0.5, 0.6) is 0 Å². The molecule has 1 rings (SSSR count). The van der Waals surface area contributed by atoms with E-state index >= 15 is 0 Å². The largest absolute Gasteiger partial charge is 0.238 e. The highest BCUT2D eigenvalue weighted by Gasteiger charge is 1.97. The minimum absolute atomic E-state index is 0.744. The second kappa shape index (κ2) is 6.39. The fourth-order valence-electron chi connectivity index (χ4n) is 0.955. The lowest BCUT2D eigenvalue weighted by atomic mass is 10.2. The Balaban J connectivity index is 2.32. The van der Waals surface area contributed by atoms with Crippen molar-refractivity contribution in [2.24, 2.45) is 0 Å². The van der Waals surface area contributed by atoms with Gasteiger partial charge in [-0.3, -0.25) is 0 Å². The number of rotatable bonds is 5. The van der Waals surface area contributed by atoms with Crippen molar-refractivity contribution in [2.75, 3.05) is 6.54 Å². The minimum atomic E-state index is 0.744. The van der Waals surface area contributed by atoms with Gasteiger partial charge in [-0.05, 0) is 18.1 Å². The molecule has 0 amide bonds. The van der Waals surface area contributed by atoms with Crippen LogP contribution in [0.3, 0.4) is 0 Å². The predicted octanol–water partition coefficient (Wildman–Crippen LogP) is 2.63. The van der Waals surface area contributed by atoms with Crippen LogP contribution in [0.2, 0.25) is 0 Å². The summed E-state index contributed by atoms with van der Waals surface area (Å²) >= 11 is 4.27. The summed E-state index contributed by atoms with van der Waals surface area (Å²) in [4.78, 5) is 0. The first-order valence-corrected chi connectivity index (χ1v) is 5.31. The number of benzene rings is 1. The fourth-order valence-corrected chi connectivity index (χ4v) is 1.68. The molecule has 2 N–H and O–H groups in total. The lowest BCUT2D eigenvalue weighted by molar-refractivity contribution is -0.117. The summed E-state index contributed by atoms with van der Waals surface area (Å²) < 4.78 is 7.74. The van der Waals surface area contributed by atoms with Crippen LogP contribution in [0.4, 0.5) is 0 Å². The van der Waals surface area contributed by atoms with Crippen LogP contribution >= 0.6 is 28.2 Å². The Hall–Kier alpha value is -0.0700. The molecule has 1 aromatic rings. The van der Waals surface area contributed by atoms with E-state index in [-0.39, 0.29) is 0 Å². The molecule has 0 heterocycles. The van der Waals surface area contributed by atoms with E-state index in [1.807, 2.05) is 18.2 Å². The summed E-state index contributed by atoms with van der Waals surface area (Å²) in [6.07, 6.45) is 0.887. The van der Waals surface area contributed by atoms with Gasteiger partial charge in [0.1, 0.15) is 12.2 Å². The maximum absolute atomic E-state index is 8.01. The van der Waals surface area contributed by atoms with Gasteiger partial charge in [-0.1, -0.05) is 34.1 Å². The third-order valence-electron chi connectivity index (χ3n) is 1.55. The van der Waals surface area contributed by atoms with Crippen molar-refractivity contribution in [1.82, 2.24) is 4.72 Å². The molecule has 5 heteroatoms. The molecule has 1 aromatic carbocycles. The first kappa shape index (κ1) is 11.0. The molecule has 0 saturated heterocycles. The SMILES string of the molecule is OOSNCCc1ccccc1Br. The van der Waals surface area contributed by atoms with Gasteiger partial charge in [0.15, 0.2) is 0 Å². The minimum Gasteiger partial charge on any atom is -0.238 e. The summed E-state index contributed by atoms with van der Waals surface area (Å²) in [6, 6.07) is 8.03. The molecule has 0 bridgehead atoms. The molecular formula is C8H10BrNO2S. The first-order valence-electron chi connectivity index (χ1n) is 3.78. The Morgan fingerprint density at radius 3 is 2.92 bits per heavy atom. The van der Waals surface area contributed by atoms with E-state index in [2.05, 4.69) is 31.1 Å². The Labute approximate surface area is 89.9 Å². The zero-order chi connectivity index (χ0) is 9.52. The third kappa shape index (κ3) is 4.10. The smallest absolute Gasteiger partial charge is 0.117 e. The van der Waals surface area contributed by atoms with Crippen molar-refractivity contribution in [1.29, 1.82) is 0 Å². The summed E-state index contributed by atoms with van der Waals surface area (Å²) in [5.74, 6) is 0. The normalized spacial score (nSPS) is 10.3. The lowest BCUT2D eigenvalue weighted by Crippen LogP contribution is -2.08. The molecule has 0 unspecified atom stereocenters. The maximum Gasteiger partial charge on any atom is 0.117 e. The molecule has 72 valence electrons. The number of hydrogen-bond donors (Lipinski definition) is 2. The van der Waals surface area contributed by atoms with Crippen LogP contribution in [-0.4, -0.2) is 11.8 Å². The van der Waals surface area contributed by atoms with Crippen LogP contribution in [0.25, 0.3) is 0 Å². The molecule has 0 fully saturated rings. The van der Waals surface area contributed by atoms with Crippen molar-refractivity contribution in [2.45, 2.75) is 6.42 Å². The maximum atomic E-state index is 8.01. The van der Waals surface area contributed by atoms with Gasteiger partial charge < -0.3 is 0 Å². The van der Waals surface area contributed by atoms with E-state index in [4.69, 9.17) is 5.26 Å². The van der Waals surface area contributed by atoms with Gasteiger partial charge in [-0.25, -0.2) is 9.98 Å². The highest BCUT2D eigenvalue weighted by molar-refractivity contribution is 9.10. The van der Waals surface area contributed by atoms with Gasteiger partial charge >= 0.3 is 0 Å². The summed E-state index contributed by atoms with van der Waals surface area (Å²) in [5, 5.41) is 8.01. The van der Waals surface area contributed by atoms with Gasteiger partial charge in [-0.2, -0.15) is 0 Å². The first-order chi connectivity index (χ1) is 6.34. The van der Waals surface area contributed by atoms with Crippen molar-refractivity contribution in [3.05, 3.63) is 34.3 Å². The van der Waals surface area contributed by atoms with Crippen LogP contribution in [0.15, 0.2) is 28.7 Å². The fraction of sp³-hybridized carbons (Fsp3) is 0.250. The molecule has 0 atom stereocenters. The highest BCUT2D eigenvalue weighted by atomic mass is 79.9. The molecule has 3 nitrogen and oxygen atoms in total. The van der Waals surface area contributed by atoms with Gasteiger partial charge in [-0.15, -0.1) is 4.33 Å². The Bertz CT molecular complexity index is 260. The average Bonchev–Trinajstić information content (AvgIpc) is 2.15. The monoisotopic (exact) mass is 263 g/mol. The van der Waals surface area contributed by atoms with E-state index in [0.717, 1.165) is 29.7 Å². The van der Waals surface area contributed by atoms with Gasteiger partial charge in [0.2, 0.25) is 0 Å². The molecule has 0 radical (unpaired) electrons. The topological polar surface area (TPSA) is 41.5 Å². The van der Waals surface area contributed by atoms with E-state index < -0.39 is 0 Å². The zero-order valence-electron chi connectivity index (χ0n) is 6.87. The number of halogens is 1. The van der Waals surface area contributed by atoms with Crippen molar-refractivity contribution in [3.8, 4) is 0 Å². The standard InChI is InChI=1S/C8H10BrNO2S/c9-8-4-2-1-3-7(8)5-6-10-13-12-11/h1-4,10-11H,5-6H2. The second-order valence-electron chi connectivity index (χ2n) is 2.39. The van der Waals surface area contributed by atoms with Gasteiger partial charge in [0.25, 0.3) is 0 Å². The molecule has 0 aromatic heterocycles. The summed E-state index contributed by atoms with van der Waals surface area (Å²) in [6.45, 7) is 0.744.